The first kappa shape index (κ1) is 18.7. The number of carbonyl (C=O) groups excluding carboxylic acids is 1. The van der Waals surface area contributed by atoms with Crippen LogP contribution in [-0.2, 0) is 5.75 Å². The van der Waals surface area contributed by atoms with E-state index in [9.17, 15) is 4.79 Å². The number of aromatic nitrogens is 4. The van der Waals surface area contributed by atoms with Gasteiger partial charge < -0.3 is 9.73 Å². The lowest BCUT2D eigenvalue weighted by Crippen LogP contribution is -2.37. The molecule has 1 aliphatic rings. The Morgan fingerprint density at radius 3 is 2.86 bits per heavy atom. The molecule has 0 bridgehead atoms. The number of carbonyl (C=O) groups is 1. The predicted octanol–water partition coefficient (Wildman–Crippen LogP) is 3.71. The molecular weight excluding hydrogens is 374 g/mol. The number of nitrogens with one attached hydrogen (secondary N) is 1. The van der Waals surface area contributed by atoms with Gasteiger partial charge >= 0.3 is 0 Å². The number of nitrogens with zero attached hydrogens (tertiary/aromatic N) is 4. The lowest BCUT2D eigenvalue weighted by molar-refractivity contribution is 0.0892. The molecule has 3 aromatic rings. The fraction of sp³-hybridized carbons (Fsp3) is 0.400. The minimum absolute atomic E-state index is 0.125. The maximum absolute atomic E-state index is 12.4. The number of furan rings is 1. The Balaban J connectivity index is 1.31. The third-order valence-electron chi connectivity index (χ3n) is 5.04. The minimum Gasteiger partial charge on any atom is -0.455 e. The smallest absolute Gasteiger partial charge is 0.287 e. The third-order valence-corrected chi connectivity index (χ3v) is 5.61. The summed E-state index contributed by atoms with van der Waals surface area (Å²) in [6.07, 6.45) is 14.8. The number of amides is 1. The van der Waals surface area contributed by atoms with Crippen molar-refractivity contribution in [3.63, 3.8) is 0 Å². The molecule has 0 aromatic carbocycles. The van der Waals surface area contributed by atoms with Gasteiger partial charge in [0.2, 0.25) is 0 Å². The van der Waals surface area contributed by atoms with E-state index in [2.05, 4.69) is 20.4 Å². The standard InChI is InChI=1S/C20H23N5O2S/c1-28-13-17-6-7-19(27-17)20(26)24-15-2-4-16(5-3-15)25-12-14(10-23-25)18-11-21-8-9-22-18/h6-12,15-16H,2-5,13H2,1H3,(H,24,26). The zero-order valence-corrected chi connectivity index (χ0v) is 16.6. The topological polar surface area (TPSA) is 85.8 Å². The summed E-state index contributed by atoms with van der Waals surface area (Å²) in [7, 11) is 0. The zero-order chi connectivity index (χ0) is 19.3. The molecule has 4 rings (SSSR count). The Morgan fingerprint density at radius 1 is 1.25 bits per heavy atom. The molecule has 0 unspecified atom stereocenters. The predicted molar refractivity (Wildman–Crippen MR) is 108 cm³/mol. The molecule has 146 valence electrons. The van der Waals surface area contributed by atoms with Crippen LogP contribution in [0.25, 0.3) is 11.3 Å². The van der Waals surface area contributed by atoms with Gasteiger partial charge in [0.05, 0.1) is 29.9 Å². The van der Waals surface area contributed by atoms with Gasteiger partial charge in [0.25, 0.3) is 5.91 Å². The summed E-state index contributed by atoms with van der Waals surface area (Å²) in [4.78, 5) is 20.8. The van der Waals surface area contributed by atoms with Gasteiger partial charge in [-0.25, -0.2) is 0 Å². The number of thioether (sulfide) groups is 1. The fourth-order valence-electron chi connectivity index (χ4n) is 3.58. The van der Waals surface area contributed by atoms with E-state index in [1.165, 1.54) is 0 Å². The molecule has 0 atom stereocenters. The number of hydrogen-bond acceptors (Lipinski definition) is 6. The highest BCUT2D eigenvalue weighted by Gasteiger charge is 2.25. The summed E-state index contributed by atoms with van der Waals surface area (Å²) in [6.45, 7) is 0. The molecule has 28 heavy (non-hydrogen) atoms. The quantitative estimate of drug-likeness (QED) is 0.682. The van der Waals surface area contributed by atoms with Crippen molar-refractivity contribution >= 4 is 17.7 Å². The van der Waals surface area contributed by atoms with Crippen molar-refractivity contribution < 1.29 is 9.21 Å². The fourth-order valence-corrected chi connectivity index (χ4v) is 4.02. The first-order valence-corrected chi connectivity index (χ1v) is 10.8. The SMILES string of the molecule is CSCc1ccc(C(=O)NC2CCC(n3cc(-c4cnccn4)cn3)CC2)o1. The minimum atomic E-state index is -0.125. The molecule has 3 aromatic heterocycles. The molecule has 0 saturated heterocycles. The van der Waals surface area contributed by atoms with Crippen molar-refractivity contribution in [3.05, 3.63) is 54.6 Å². The molecular formula is C20H23N5O2S. The largest absolute Gasteiger partial charge is 0.455 e. The second kappa shape index (κ2) is 8.60. The second-order valence-electron chi connectivity index (χ2n) is 6.98. The van der Waals surface area contributed by atoms with Crippen LogP contribution in [0.3, 0.4) is 0 Å². The highest BCUT2D eigenvalue weighted by molar-refractivity contribution is 7.97. The Hall–Kier alpha value is -2.61. The Bertz CT molecular complexity index is 916. The average molecular weight is 398 g/mol. The van der Waals surface area contributed by atoms with Gasteiger partial charge in [-0.3, -0.25) is 19.4 Å². The summed E-state index contributed by atoms with van der Waals surface area (Å²) < 4.78 is 7.62. The van der Waals surface area contributed by atoms with Crippen molar-refractivity contribution in [3.8, 4) is 11.3 Å². The molecule has 1 N–H and O–H groups in total. The Kier molecular flexibility index (Phi) is 5.76. The summed E-state index contributed by atoms with van der Waals surface area (Å²) in [5.41, 5.74) is 1.80. The maximum atomic E-state index is 12.4. The number of hydrogen-bond donors (Lipinski definition) is 1. The summed E-state index contributed by atoms with van der Waals surface area (Å²) >= 11 is 1.67. The normalized spacial score (nSPS) is 19.5. The second-order valence-corrected chi connectivity index (χ2v) is 7.84. The summed E-state index contributed by atoms with van der Waals surface area (Å²) in [6, 6.07) is 4.14. The van der Waals surface area contributed by atoms with Crippen LogP contribution in [-0.4, -0.2) is 38.0 Å². The third kappa shape index (κ3) is 4.27. The van der Waals surface area contributed by atoms with E-state index in [1.54, 1.807) is 36.4 Å². The lowest BCUT2D eigenvalue weighted by Gasteiger charge is -2.29. The van der Waals surface area contributed by atoms with Crippen LogP contribution >= 0.6 is 11.8 Å². The summed E-state index contributed by atoms with van der Waals surface area (Å²) in [5, 5.41) is 7.62. The van der Waals surface area contributed by atoms with Gasteiger partial charge in [0.15, 0.2) is 5.76 Å². The zero-order valence-electron chi connectivity index (χ0n) is 15.7. The van der Waals surface area contributed by atoms with E-state index in [-0.39, 0.29) is 11.9 Å². The molecule has 1 fully saturated rings. The van der Waals surface area contributed by atoms with Crippen molar-refractivity contribution in [1.29, 1.82) is 0 Å². The van der Waals surface area contributed by atoms with Crippen LogP contribution < -0.4 is 5.32 Å². The van der Waals surface area contributed by atoms with Crippen LogP contribution in [0.15, 0.2) is 47.5 Å². The first-order chi connectivity index (χ1) is 13.7. The average Bonchev–Trinajstić information content (AvgIpc) is 3.40. The van der Waals surface area contributed by atoms with Crippen LogP contribution in [0.5, 0.6) is 0 Å². The van der Waals surface area contributed by atoms with Crippen LogP contribution in [0.4, 0.5) is 0 Å². The van der Waals surface area contributed by atoms with E-state index < -0.39 is 0 Å². The van der Waals surface area contributed by atoms with Gasteiger partial charge in [-0.2, -0.15) is 16.9 Å². The maximum Gasteiger partial charge on any atom is 0.287 e. The molecule has 1 aliphatic carbocycles. The van der Waals surface area contributed by atoms with Crippen LogP contribution in [0.1, 0.15) is 48.0 Å². The van der Waals surface area contributed by atoms with E-state index >= 15 is 0 Å². The van der Waals surface area contributed by atoms with Gasteiger partial charge in [0, 0.05) is 30.2 Å². The highest BCUT2D eigenvalue weighted by Crippen LogP contribution is 2.29. The van der Waals surface area contributed by atoms with Gasteiger partial charge in [-0.1, -0.05) is 0 Å². The lowest BCUT2D eigenvalue weighted by atomic mass is 9.91. The van der Waals surface area contributed by atoms with E-state index in [4.69, 9.17) is 4.42 Å². The van der Waals surface area contributed by atoms with E-state index in [1.807, 2.05) is 29.4 Å². The van der Waals surface area contributed by atoms with E-state index in [0.717, 1.165) is 48.5 Å². The highest BCUT2D eigenvalue weighted by atomic mass is 32.2. The Morgan fingerprint density at radius 2 is 2.11 bits per heavy atom. The van der Waals surface area contributed by atoms with Crippen molar-refractivity contribution in [2.75, 3.05) is 6.26 Å². The summed E-state index contributed by atoms with van der Waals surface area (Å²) in [5.74, 6) is 1.88. The molecule has 0 spiro atoms. The molecule has 0 aliphatic heterocycles. The molecule has 7 nitrogen and oxygen atoms in total. The monoisotopic (exact) mass is 397 g/mol. The van der Waals surface area contributed by atoms with Crippen molar-refractivity contribution in [2.45, 2.75) is 43.5 Å². The first-order valence-electron chi connectivity index (χ1n) is 9.42. The number of rotatable bonds is 6. The van der Waals surface area contributed by atoms with Gasteiger partial charge in [-0.15, -0.1) is 0 Å². The molecule has 3 heterocycles. The van der Waals surface area contributed by atoms with E-state index in [0.29, 0.717) is 11.8 Å². The van der Waals surface area contributed by atoms with Gasteiger partial charge in [0.1, 0.15) is 5.76 Å². The van der Waals surface area contributed by atoms with Crippen LogP contribution in [0, 0.1) is 0 Å². The molecule has 8 heteroatoms. The molecule has 1 amide bonds. The van der Waals surface area contributed by atoms with Crippen LogP contribution in [0.2, 0.25) is 0 Å². The van der Waals surface area contributed by atoms with Gasteiger partial charge in [-0.05, 0) is 44.1 Å². The molecule has 0 radical (unpaired) electrons. The Labute approximate surface area is 167 Å². The van der Waals surface area contributed by atoms with Crippen molar-refractivity contribution in [2.24, 2.45) is 0 Å². The van der Waals surface area contributed by atoms with Crippen molar-refractivity contribution in [1.82, 2.24) is 25.1 Å². The molecule has 1 saturated carbocycles.